The zero-order chi connectivity index (χ0) is 9.14. The molecular formula is C7H5BrFNO2. The lowest BCUT2D eigenvalue weighted by Crippen LogP contribution is -2.02. The molecule has 0 spiro atoms. The van der Waals surface area contributed by atoms with Crippen molar-refractivity contribution in [2.45, 2.75) is 6.42 Å². The fourth-order valence-electron chi connectivity index (χ4n) is 0.754. The van der Waals surface area contributed by atoms with Crippen LogP contribution in [0.2, 0.25) is 0 Å². The van der Waals surface area contributed by atoms with Gasteiger partial charge < -0.3 is 5.11 Å². The second kappa shape index (κ2) is 3.62. The first-order chi connectivity index (χ1) is 5.61. The average molecular weight is 234 g/mol. The Labute approximate surface area is 76.4 Å². The van der Waals surface area contributed by atoms with E-state index >= 15 is 0 Å². The number of halogens is 2. The highest BCUT2D eigenvalue weighted by molar-refractivity contribution is 9.10. The number of nitrogens with zero attached hydrogens (tertiary/aromatic N) is 1. The van der Waals surface area contributed by atoms with Crippen LogP contribution in [0.15, 0.2) is 16.7 Å². The summed E-state index contributed by atoms with van der Waals surface area (Å²) in [4.78, 5) is 13.6. The van der Waals surface area contributed by atoms with Gasteiger partial charge in [-0.3, -0.25) is 4.79 Å². The van der Waals surface area contributed by atoms with Gasteiger partial charge in [0.1, 0.15) is 0 Å². The van der Waals surface area contributed by atoms with Crippen molar-refractivity contribution in [1.29, 1.82) is 0 Å². The molecule has 1 N–H and O–H groups in total. The number of carbonyl (C=O) groups is 1. The first-order valence-electron chi connectivity index (χ1n) is 3.12. The van der Waals surface area contributed by atoms with E-state index in [1.165, 1.54) is 12.3 Å². The van der Waals surface area contributed by atoms with Crippen LogP contribution in [0, 0.1) is 5.95 Å². The third kappa shape index (κ3) is 2.01. The summed E-state index contributed by atoms with van der Waals surface area (Å²) in [5.41, 5.74) is 0.384. The minimum atomic E-state index is -0.999. The molecule has 0 amide bonds. The minimum Gasteiger partial charge on any atom is -0.481 e. The van der Waals surface area contributed by atoms with Crippen molar-refractivity contribution in [2.75, 3.05) is 0 Å². The third-order valence-corrected chi connectivity index (χ3v) is 2.10. The number of hydrogen-bond donors (Lipinski definition) is 1. The molecule has 1 heterocycles. The maximum absolute atomic E-state index is 12.7. The van der Waals surface area contributed by atoms with Crippen molar-refractivity contribution in [1.82, 2.24) is 4.98 Å². The summed E-state index contributed by atoms with van der Waals surface area (Å²) in [6.45, 7) is 0. The van der Waals surface area contributed by atoms with Gasteiger partial charge in [0.25, 0.3) is 0 Å². The van der Waals surface area contributed by atoms with Gasteiger partial charge in [-0.05, 0) is 27.6 Å². The first kappa shape index (κ1) is 9.12. The van der Waals surface area contributed by atoms with Gasteiger partial charge in [-0.25, -0.2) is 4.98 Å². The highest BCUT2D eigenvalue weighted by Crippen LogP contribution is 2.18. The van der Waals surface area contributed by atoms with Gasteiger partial charge in [-0.1, -0.05) is 0 Å². The second-order valence-electron chi connectivity index (χ2n) is 2.15. The SMILES string of the molecule is O=C(O)Cc1ccnc(F)c1Br. The molecule has 1 aromatic rings. The van der Waals surface area contributed by atoms with E-state index in [0.29, 0.717) is 5.56 Å². The van der Waals surface area contributed by atoms with E-state index in [4.69, 9.17) is 5.11 Å². The highest BCUT2D eigenvalue weighted by Gasteiger charge is 2.08. The minimum absolute atomic E-state index is 0.118. The van der Waals surface area contributed by atoms with E-state index in [0.717, 1.165) is 0 Å². The van der Waals surface area contributed by atoms with Gasteiger partial charge in [0.15, 0.2) is 0 Å². The fraction of sp³-hybridized carbons (Fsp3) is 0.143. The molecule has 0 saturated carbocycles. The maximum Gasteiger partial charge on any atom is 0.307 e. The van der Waals surface area contributed by atoms with Crippen LogP contribution in [0.5, 0.6) is 0 Å². The van der Waals surface area contributed by atoms with Crippen molar-refractivity contribution in [3.8, 4) is 0 Å². The van der Waals surface area contributed by atoms with Crippen molar-refractivity contribution < 1.29 is 14.3 Å². The lowest BCUT2D eigenvalue weighted by Gasteiger charge is -1.99. The normalized spacial score (nSPS) is 9.83. The van der Waals surface area contributed by atoms with Crippen molar-refractivity contribution in [3.63, 3.8) is 0 Å². The number of aromatic nitrogens is 1. The van der Waals surface area contributed by atoms with Crippen molar-refractivity contribution in [2.24, 2.45) is 0 Å². The molecule has 0 aliphatic rings. The van der Waals surface area contributed by atoms with E-state index in [-0.39, 0.29) is 10.9 Å². The maximum atomic E-state index is 12.7. The Morgan fingerprint density at radius 1 is 1.75 bits per heavy atom. The molecule has 0 fully saturated rings. The van der Waals surface area contributed by atoms with E-state index in [2.05, 4.69) is 20.9 Å². The number of carboxylic acid groups (broad SMARTS) is 1. The predicted molar refractivity (Wildman–Crippen MR) is 43.2 cm³/mol. The number of carboxylic acids is 1. The molecule has 0 saturated heterocycles. The molecule has 0 atom stereocenters. The lowest BCUT2D eigenvalue weighted by atomic mass is 10.2. The second-order valence-corrected chi connectivity index (χ2v) is 2.94. The molecule has 5 heteroatoms. The summed E-state index contributed by atoms with van der Waals surface area (Å²) in [6.07, 6.45) is 1.03. The molecule has 64 valence electrons. The largest absolute Gasteiger partial charge is 0.481 e. The van der Waals surface area contributed by atoms with E-state index in [1.54, 1.807) is 0 Å². The zero-order valence-electron chi connectivity index (χ0n) is 5.92. The molecule has 12 heavy (non-hydrogen) atoms. The Hall–Kier alpha value is -0.970. The summed E-state index contributed by atoms with van der Waals surface area (Å²) >= 11 is 2.91. The van der Waals surface area contributed by atoms with Gasteiger partial charge >= 0.3 is 5.97 Å². The summed E-state index contributed by atoms with van der Waals surface area (Å²) in [7, 11) is 0. The summed E-state index contributed by atoms with van der Waals surface area (Å²) in [6, 6.07) is 1.46. The molecule has 3 nitrogen and oxygen atoms in total. The van der Waals surface area contributed by atoms with E-state index in [1.807, 2.05) is 0 Å². The third-order valence-electron chi connectivity index (χ3n) is 1.27. The molecule has 0 unspecified atom stereocenters. The quantitative estimate of drug-likeness (QED) is 0.790. The molecule has 0 aliphatic heterocycles. The molecule has 1 aromatic heterocycles. The molecule has 0 bridgehead atoms. The molecular weight excluding hydrogens is 229 g/mol. The van der Waals surface area contributed by atoms with Gasteiger partial charge in [-0.15, -0.1) is 0 Å². The van der Waals surface area contributed by atoms with Gasteiger partial charge in [0.2, 0.25) is 5.95 Å². The zero-order valence-corrected chi connectivity index (χ0v) is 7.51. The molecule has 1 rings (SSSR count). The number of rotatable bonds is 2. The van der Waals surface area contributed by atoms with Crippen molar-refractivity contribution >= 4 is 21.9 Å². The topological polar surface area (TPSA) is 50.2 Å². The van der Waals surface area contributed by atoms with Crippen LogP contribution in [0.25, 0.3) is 0 Å². The van der Waals surface area contributed by atoms with Crippen LogP contribution in [-0.4, -0.2) is 16.1 Å². The number of hydrogen-bond acceptors (Lipinski definition) is 2. The van der Waals surface area contributed by atoms with Crippen LogP contribution in [0.3, 0.4) is 0 Å². The van der Waals surface area contributed by atoms with Gasteiger partial charge in [0.05, 0.1) is 10.9 Å². The average Bonchev–Trinajstić information content (AvgIpc) is 1.98. The van der Waals surface area contributed by atoms with E-state index in [9.17, 15) is 9.18 Å². The van der Waals surface area contributed by atoms with Crippen LogP contribution in [0.1, 0.15) is 5.56 Å². The highest BCUT2D eigenvalue weighted by atomic mass is 79.9. The van der Waals surface area contributed by atoms with Crippen molar-refractivity contribution in [3.05, 3.63) is 28.2 Å². The Morgan fingerprint density at radius 3 is 3.00 bits per heavy atom. The Kier molecular flexibility index (Phi) is 2.75. The number of aliphatic carboxylic acids is 1. The Bertz CT molecular complexity index is 316. The number of pyridine rings is 1. The summed E-state index contributed by atoms with van der Waals surface area (Å²) in [5.74, 6) is -1.69. The predicted octanol–water partition coefficient (Wildman–Crippen LogP) is 1.61. The van der Waals surface area contributed by atoms with E-state index < -0.39 is 11.9 Å². The summed E-state index contributed by atoms with van der Waals surface area (Å²) in [5, 5.41) is 8.42. The monoisotopic (exact) mass is 233 g/mol. The first-order valence-corrected chi connectivity index (χ1v) is 3.91. The van der Waals surface area contributed by atoms with Crippen LogP contribution in [0.4, 0.5) is 4.39 Å². The van der Waals surface area contributed by atoms with Gasteiger partial charge in [-0.2, -0.15) is 4.39 Å². The molecule has 0 aromatic carbocycles. The van der Waals surface area contributed by atoms with Crippen LogP contribution in [-0.2, 0) is 11.2 Å². The van der Waals surface area contributed by atoms with Gasteiger partial charge in [0, 0.05) is 6.20 Å². The molecule has 0 aliphatic carbocycles. The molecule has 0 radical (unpaired) electrons. The summed E-state index contributed by atoms with van der Waals surface area (Å²) < 4.78 is 12.8. The van der Waals surface area contributed by atoms with Crippen LogP contribution >= 0.6 is 15.9 Å². The Balaban J connectivity index is 3.00. The smallest absolute Gasteiger partial charge is 0.307 e. The van der Waals surface area contributed by atoms with Crippen LogP contribution < -0.4 is 0 Å². The fourth-order valence-corrected chi connectivity index (χ4v) is 1.13. The standard InChI is InChI=1S/C7H5BrFNO2/c8-6-4(3-5(11)12)1-2-10-7(6)9/h1-2H,3H2,(H,11,12). The lowest BCUT2D eigenvalue weighted by molar-refractivity contribution is -0.136. The Morgan fingerprint density at radius 2 is 2.42 bits per heavy atom.